The number of fused-ring (bicyclic) bond motifs is 1. The smallest absolute Gasteiger partial charge is 0.137 e. The van der Waals surface area contributed by atoms with Crippen LogP contribution in [-0.2, 0) is 0 Å². The molecule has 0 aliphatic carbocycles. The molecule has 0 N–H and O–H groups in total. The standard InChI is InChI=1S/C13H11ClN2S/c1-8-15-12(14)11-10(7-17-13(11)16-8)9-5-3-2-4-6-9/h2-6,10H,7H2,1H3. The van der Waals surface area contributed by atoms with Gasteiger partial charge in [-0.05, 0) is 12.5 Å². The Morgan fingerprint density at radius 1 is 1.24 bits per heavy atom. The predicted molar refractivity (Wildman–Crippen MR) is 70.8 cm³/mol. The molecule has 0 radical (unpaired) electrons. The molecule has 86 valence electrons. The molecule has 0 fully saturated rings. The van der Waals surface area contributed by atoms with Crippen LogP contribution in [0.3, 0.4) is 0 Å². The quantitative estimate of drug-likeness (QED) is 0.734. The number of benzene rings is 1. The molecular weight excluding hydrogens is 252 g/mol. The molecule has 0 saturated heterocycles. The van der Waals surface area contributed by atoms with Crippen molar-refractivity contribution in [2.45, 2.75) is 17.9 Å². The fourth-order valence-electron chi connectivity index (χ4n) is 2.12. The summed E-state index contributed by atoms with van der Waals surface area (Å²) in [7, 11) is 0. The Hall–Kier alpha value is -1.06. The number of aromatic nitrogens is 2. The van der Waals surface area contributed by atoms with Crippen molar-refractivity contribution in [1.82, 2.24) is 9.97 Å². The molecule has 17 heavy (non-hydrogen) atoms. The SMILES string of the molecule is Cc1nc(Cl)c2c(n1)SCC2c1ccccc1. The van der Waals surface area contributed by atoms with Gasteiger partial charge in [-0.25, -0.2) is 9.97 Å². The summed E-state index contributed by atoms with van der Waals surface area (Å²) < 4.78 is 0. The zero-order chi connectivity index (χ0) is 11.8. The van der Waals surface area contributed by atoms with Crippen molar-refractivity contribution in [3.8, 4) is 0 Å². The molecule has 1 aromatic carbocycles. The average Bonchev–Trinajstić information content (AvgIpc) is 2.74. The van der Waals surface area contributed by atoms with E-state index in [0.717, 1.165) is 22.2 Å². The maximum atomic E-state index is 6.26. The first-order valence-electron chi connectivity index (χ1n) is 5.47. The molecule has 0 bridgehead atoms. The van der Waals surface area contributed by atoms with Gasteiger partial charge in [-0.2, -0.15) is 0 Å². The highest BCUT2D eigenvalue weighted by Crippen LogP contribution is 2.44. The Balaban J connectivity index is 2.10. The fraction of sp³-hybridized carbons (Fsp3) is 0.231. The Morgan fingerprint density at radius 3 is 2.76 bits per heavy atom. The molecule has 1 aliphatic heterocycles. The van der Waals surface area contributed by atoms with Gasteiger partial charge in [0.1, 0.15) is 16.0 Å². The third-order valence-corrected chi connectivity index (χ3v) is 4.29. The topological polar surface area (TPSA) is 25.8 Å². The van der Waals surface area contributed by atoms with E-state index in [1.807, 2.05) is 13.0 Å². The maximum absolute atomic E-state index is 6.26. The first-order chi connectivity index (χ1) is 8.25. The molecular formula is C13H11ClN2S. The van der Waals surface area contributed by atoms with Crippen LogP contribution in [0.1, 0.15) is 22.9 Å². The molecule has 1 atom stereocenters. The number of hydrogen-bond donors (Lipinski definition) is 0. The average molecular weight is 263 g/mol. The van der Waals surface area contributed by atoms with Gasteiger partial charge in [0.15, 0.2) is 0 Å². The maximum Gasteiger partial charge on any atom is 0.137 e. The minimum absolute atomic E-state index is 0.323. The first-order valence-corrected chi connectivity index (χ1v) is 6.84. The van der Waals surface area contributed by atoms with E-state index >= 15 is 0 Å². The summed E-state index contributed by atoms with van der Waals surface area (Å²) in [6.45, 7) is 1.88. The molecule has 1 aliphatic rings. The minimum atomic E-state index is 0.323. The third kappa shape index (κ3) is 1.94. The van der Waals surface area contributed by atoms with Crippen LogP contribution >= 0.6 is 23.4 Å². The lowest BCUT2D eigenvalue weighted by Crippen LogP contribution is -2.02. The van der Waals surface area contributed by atoms with E-state index in [0.29, 0.717) is 11.1 Å². The van der Waals surface area contributed by atoms with Crippen LogP contribution in [0.25, 0.3) is 0 Å². The minimum Gasteiger partial charge on any atom is -0.226 e. The van der Waals surface area contributed by atoms with Gasteiger partial charge in [0.25, 0.3) is 0 Å². The van der Waals surface area contributed by atoms with Crippen LogP contribution in [-0.4, -0.2) is 15.7 Å². The van der Waals surface area contributed by atoms with E-state index in [9.17, 15) is 0 Å². The number of aryl methyl sites for hydroxylation is 1. The summed E-state index contributed by atoms with van der Waals surface area (Å²) >= 11 is 8.02. The van der Waals surface area contributed by atoms with E-state index < -0.39 is 0 Å². The van der Waals surface area contributed by atoms with Crippen LogP contribution in [0.2, 0.25) is 5.15 Å². The van der Waals surface area contributed by atoms with Crippen molar-refractivity contribution in [2.24, 2.45) is 0 Å². The van der Waals surface area contributed by atoms with Gasteiger partial charge in [-0.15, -0.1) is 11.8 Å². The van der Waals surface area contributed by atoms with Crippen LogP contribution in [0.5, 0.6) is 0 Å². The molecule has 1 unspecified atom stereocenters. The van der Waals surface area contributed by atoms with Gasteiger partial charge in [0.05, 0.1) is 0 Å². The third-order valence-electron chi connectivity index (χ3n) is 2.91. The molecule has 0 spiro atoms. The van der Waals surface area contributed by atoms with Crippen molar-refractivity contribution in [1.29, 1.82) is 0 Å². The summed E-state index contributed by atoms with van der Waals surface area (Å²) in [5.41, 5.74) is 2.38. The Morgan fingerprint density at radius 2 is 2.00 bits per heavy atom. The summed E-state index contributed by atoms with van der Waals surface area (Å²) in [5.74, 6) is 2.07. The number of hydrogen-bond acceptors (Lipinski definition) is 3. The van der Waals surface area contributed by atoms with Crippen molar-refractivity contribution >= 4 is 23.4 Å². The molecule has 0 amide bonds. The summed E-state index contributed by atoms with van der Waals surface area (Å²) in [6.07, 6.45) is 0. The van der Waals surface area contributed by atoms with Gasteiger partial charge >= 0.3 is 0 Å². The molecule has 3 rings (SSSR count). The number of halogens is 1. The second-order valence-corrected chi connectivity index (χ2v) is 5.42. The van der Waals surface area contributed by atoms with Crippen LogP contribution in [0.15, 0.2) is 35.4 Å². The zero-order valence-electron chi connectivity index (χ0n) is 9.35. The Labute approximate surface area is 109 Å². The van der Waals surface area contributed by atoms with Crippen LogP contribution in [0.4, 0.5) is 0 Å². The Kier molecular flexibility index (Phi) is 2.81. The molecule has 0 saturated carbocycles. The molecule has 1 aromatic heterocycles. The Bertz CT molecular complexity index is 557. The van der Waals surface area contributed by atoms with Gasteiger partial charge in [-0.1, -0.05) is 41.9 Å². The largest absolute Gasteiger partial charge is 0.226 e. The highest BCUT2D eigenvalue weighted by molar-refractivity contribution is 7.99. The van der Waals surface area contributed by atoms with Crippen LogP contribution < -0.4 is 0 Å². The number of nitrogens with zero attached hydrogens (tertiary/aromatic N) is 2. The lowest BCUT2D eigenvalue weighted by atomic mass is 9.95. The van der Waals surface area contributed by atoms with Gasteiger partial charge in [0.2, 0.25) is 0 Å². The van der Waals surface area contributed by atoms with E-state index in [-0.39, 0.29) is 0 Å². The first kappa shape index (κ1) is 11.1. The van der Waals surface area contributed by atoms with E-state index in [4.69, 9.17) is 11.6 Å². The summed E-state index contributed by atoms with van der Waals surface area (Å²) in [5, 5.41) is 1.64. The van der Waals surface area contributed by atoms with Crippen LogP contribution in [0, 0.1) is 6.92 Å². The number of thioether (sulfide) groups is 1. The lowest BCUT2D eigenvalue weighted by molar-refractivity contribution is 0.864. The lowest BCUT2D eigenvalue weighted by Gasteiger charge is -2.11. The second-order valence-electron chi connectivity index (χ2n) is 4.05. The van der Waals surface area contributed by atoms with Crippen molar-refractivity contribution in [3.63, 3.8) is 0 Å². The van der Waals surface area contributed by atoms with Crippen molar-refractivity contribution in [3.05, 3.63) is 52.4 Å². The molecule has 2 aromatic rings. The van der Waals surface area contributed by atoms with Crippen molar-refractivity contribution < 1.29 is 0 Å². The molecule has 2 heterocycles. The number of rotatable bonds is 1. The fourth-order valence-corrected chi connectivity index (χ4v) is 3.79. The van der Waals surface area contributed by atoms with E-state index in [1.165, 1.54) is 5.56 Å². The van der Waals surface area contributed by atoms with E-state index in [1.54, 1.807) is 11.8 Å². The molecule has 2 nitrogen and oxygen atoms in total. The monoisotopic (exact) mass is 262 g/mol. The van der Waals surface area contributed by atoms with Gasteiger partial charge in [0, 0.05) is 17.2 Å². The zero-order valence-corrected chi connectivity index (χ0v) is 10.9. The highest BCUT2D eigenvalue weighted by Gasteiger charge is 2.29. The van der Waals surface area contributed by atoms with Gasteiger partial charge in [-0.3, -0.25) is 0 Å². The van der Waals surface area contributed by atoms with Crippen molar-refractivity contribution in [2.75, 3.05) is 5.75 Å². The second kappa shape index (κ2) is 4.31. The van der Waals surface area contributed by atoms with Gasteiger partial charge < -0.3 is 0 Å². The summed E-state index contributed by atoms with van der Waals surface area (Å²) in [4.78, 5) is 8.72. The molecule has 4 heteroatoms. The highest BCUT2D eigenvalue weighted by atomic mass is 35.5. The van der Waals surface area contributed by atoms with E-state index in [2.05, 4.69) is 34.2 Å². The predicted octanol–water partition coefficient (Wildman–Crippen LogP) is 3.68. The normalized spacial score (nSPS) is 18.1. The summed E-state index contributed by atoms with van der Waals surface area (Å²) in [6, 6.07) is 10.4.